The maximum absolute atomic E-state index is 13.7. The number of carbonyl (C=O) groups is 3. The fourth-order valence-corrected chi connectivity index (χ4v) is 4.62. The van der Waals surface area contributed by atoms with Gasteiger partial charge in [0.25, 0.3) is 5.91 Å². The van der Waals surface area contributed by atoms with E-state index < -0.39 is 47.6 Å². The van der Waals surface area contributed by atoms with Gasteiger partial charge < -0.3 is 25.2 Å². The summed E-state index contributed by atoms with van der Waals surface area (Å²) in [5, 5.41) is 5.58. The van der Waals surface area contributed by atoms with Gasteiger partial charge in [0, 0.05) is 32.1 Å². The van der Waals surface area contributed by atoms with Gasteiger partial charge in [0.2, 0.25) is 5.91 Å². The average Bonchev–Trinajstić information content (AvgIpc) is 3.37. The predicted octanol–water partition coefficient (Wildman–Crippen LogP) is 1.50. The molecule has 0 aromatic heterocycles. The predicted molar refractivity (Wildman–Crippen MR) is 130 cm³/mol. The number of nitrogens with one attached hydrogen (secondary N) is 2. The van der Waals surface area contributed by atoms with E-state index in [1.54, 1.807) is 44.3 Å². The number of alkyl halides is 3. The van der Waals surface area contributed by atoms with Crippen LogP contribution < -0.4 is 10.6 Å². The Morgan fingerprint density at radius 1 is 1.30 bits per heavy atom. The van der Waals surface area contributed by atoms with Gasteiger partial charge in [-0.3, -0.25) is 14.4 Å². The van der Waals surface area contributed by atoms with Crippen LogP contribution in [-0.2, 0) is 25.5 Å². The molecule has 3 rings (SSSR count). The van der Waals surface area contributed by atoms with Gasteiger partial charge in [0.15, 0.2) is 0 Å². The van der Waals surface area contributed by atoms with E-state index in [2.05, 4.69) is 16.6 Å². The van der Waals surface area contributed by atoms with E-state index >= 15 is 0 Å². The molecule has 1 aliphatic carbocycles. The van der Waals surface area contributed by atoms with Crippen LogP contribution in [0.2, 0.25) is 0 Å². The zero-order chi connectivity index (χ0) is 27.2. The molecular formula is C26H33F3N4O4. The maximum atomic E-state index is 13.7. The molecule has 2 N–H and O–H groups in total. The van der Waals surface area contributed by atoms with Crippen LogP contribution in [0.4, 0.5) is 13.2 Å². The van der Waals surface area contributed by atoms with Crippen LogP contribution in [-0.4, -0.2) is 90.7 Å². The fourth-order valence-electron chi connectivity index (χ4n) is 4.62. The van der Waals surface area contributed by atoms with Crippen molar-refractivity contribution >= 4 is 17.7 Å². The van der Waals surface area contributed by atoms with E-state index in [-0.39, 0.29) is 32.5 Å². The minimum absolute atomic E-state index is 0.0477. The minimum Gasteiger partial charge on any atom is -0.362 e. The van der Waals surface area contributed by atoms with E-state index in [4.69, 9.17) is 11.2 Å². The summed E-state index contributed by atoms with van der Waals surface area (Å²) in [5.74, 6) is -0.438. The number of hydrogen-bond donors (Lipinski definition) is 2. The first kappa shape index (κ1) is 28.5. The summed E-state index contributed by atoms with van der Waals surface area (Å²) in [6.45, 7) is 1.49. The summed E-state index contributed by atoms with van der Waals surface area (Å²) in [7, 11) is 1.61. The van der Waals surface area contributed by atoms with Gasteiger partial charge in [0.05, 0.1) is 12.1 Å². The Hall–Kier alpha value is -3.10. The van der Waals surface area contributed by atoms with Crippen LogP contribution in [0.25, 0.3) is 0 Å². The van der Waals surface area contributed by atoms with Crippen molar-refractivity contribution in [1.29, 1.82) is 0 Å². The van der Waals surface area contributed by atoms with Crippen molar-refractivity contribution in [2.75, 3.05) is 33.3 Å². The summed E-state index contributed by atoms with van der Waals surface area (Å²) < 4.78 is 45.8. The third kappa shape index (κ3) is 6.81. The Bertz CT molecular complexity index is 1010. The quantitative estimate of drug-likeness (QED) is 0.430. The lowest BCUT2D eigenvalue weighted by atomic mass is 10.1. The molecule has 2 aliphatic rings. The summed E-state index contributed by atoms with van der Waals surface area (Å²) in [5.41, 5.74) is -0.543. The summed E-state index contributed by atoms with van der Waals surface area (Å²) >= 11 is 0. The van der Waals surface area contributed by atoms with Crippen LogP contribution >= 0.6 is 0 Å². The number of terminal acetylenes is 1. The van der Waals surface area contributed by atoms with Gasteiger partial charge in [0.1, 0.15) is 12.1 Å². The van der Waals surface area contributed by atoms with Crippen molar-refractivity contribution in [3.05, 3.63) is 35.9 Å². The van der Waals surface area contributed by atoms with Gasteiger partial charge in [-0.05, 0) is 38.8 Å². The zero-order valence-corrected chi connectivity index (χ0v) is 21.0. The Kier molecular flexibility index (Phi) is 9.21. The van der Waals surface area contributed by atoms with Crippen molar-refractivity contribution in [3.63, 3.8) is 0 Å². The number of likely N-dealkylation sites (tertiary alicyclic amines) is 1. The highest BCUT2D eigenvalue weighted by atomic mass is 19.4. The van der Waals surface area contributed by atoms with Crippen LogP contribution in [0.1, 0.15) is 31.7 Å². The highest BCUT2D eigenvalue weighted by molar-refractivity contribution is 5.97. The summed E-state index contributed by atoms with van der Waals surface area (Å²) in [4.78, 5) is 40.9. The van der Waals surface area contributed by atoms with Crippen molar-refractivity contribution < 1.29 is 32.3 Å². The molecule has 1 aliphatic heterocycles. The second-order valence-electron chi connectivity index (χ2n) is 9.46. The molecule has 0 bridgehead atoms. The highest BCUT2D eigenvalue weighted by Crippen LogP contribution is 2.42. The Morgan fingerprint density at radius 3 is 2.62 bits per heavy atom. The SMILES string of the molecule is C#CCOC1CC1(NC(=O)[C@H](C)NC)C(=O)N1CCC[C@H]1CN(CCc1ccccc1)C(=O)C(F)(F)F. The van der Waals surface area contributed by atoms with Crippen LogP contribution in [0, 0.1) is 12.3 Å². The molecule has 2 fully saturated rings. The molecule has 8 nitrogen and oxygen atoms in total. The molecule has 4 atom stereocenters. The van der Waals surface area contributed by atoms with Crippen molar-refractivity contribution in [2.45, 2.75) is 62.5 Å². The number of hydrogen-bond acceptors (Lipinski definition) is 5. The Balaban J connectivity index is 1.78. The first-order chi connectivity index (χ1) is 17.5. The normalized spacial score (nSPS) is 23.7. The number of halogens is 3. The summed E-state index contributed by atoms with van der Waals surface area (Å²) in [6.07, 6.45) is 1.05. The van der Waals surface area contributed by atoms with Crippen LogP contribution in [0.15, 0.2) is 30.3 Å². The molecular weight excluding hydrogens is 489 g/mol. The molecule has 202 valence electrons. The Labute approximate surface area is 214 Å². The molecule has 0 radical (unpaired) electrons. The number of amides is 3. The molecule has 1 aromatic rings. The smallest absolute Gasteiger partial charge is 0.362 e. The molecule has 1 heterocycles. The van der Waals surface area contributed by atoms with Crippen molar-refractivity contribution in [2.24, 2.45) is 0 Å². The standard InChI is InChI=1S/C26H33F3N4O4/c1-4-15-37-21-16-25(21,31-22(34)18(2)30-3)23(35)33-13-8-11-20(33)17-32(24(36)26(27,28)29)14-12-19-9-6-5-7-10-19/h1,5-7,9-10,18,20-21,30H,8,11-17H2,2-3H3,(H,31,34)/t18-,20-,21?,25?/m0/s1. The molecule has 1 saturated heterocycles. The lowest BCUT2D eigenvalue weighted by molar-refractivity contribution is -0.186. The van der Waals surface area contributed by atoms with Gasteiger partial charge >= 0.3 is 12.1 Å². The monoisotopic (exact) mass is 522 g/mol. The van der Waals surface area contributed by atoms with Gasteiger partial charge in [-0.2, -0.15) is 13.2 Å². The molecule has 1 saturated carbocycles. The third-order valence-electron chi connectivity index (χ3n) is 6.93. The van der Waals surface area contributed by atoms with E-state index in [1.807, 2.05) is 0 Å². The lowest BCUT2D eigenvalue weighted by Crippen LogP contribution is -2.58. The highest BCUT2D eigenvalue weighted by Gasteiger charge is 2.64. The molecule has 11 heteroatoms. The minimum atomic E-state index is -5.03. The van der Waals surface area contributed by atoms with Crippen molar-refractivity contribution in [3.8, 4) is 12.3 Å². The molecule has 2 unspecified atom stereocenters. The second-order valence-corrected chi connectivity index (χ2v) is 9.46. The van der Waals surface area contributed by atoms with Gasteiger partial charge in [-0.1, -0.05) is 36.3 Å². The van der Waals surface area contributed by atoms with Gasteiger partial charge in [-0.25, -0.2) is 0 Å². The third-order valence-corrected chi connectivity index (χ3v) is 6.93. The second kappa shape index (κ2) is 12.0. The Morgan fingerprint density at radius 2 is 2.00 bits per heavy atom. The number of benzene rings is 1. The maximum Gasteiger partial charge on any atom is 0.471 e. The molecule has 1 aromatic carbocycles. The molecule has 3 amide bonds. The summed E-state index contributed by atoms with van der Waals surface area (Å²) in [6, 6.07) is 7.71. The largest absolute Gasteiger partial charge is 0.471 e. The number of rotatable bonds is 11. The van der Waals surface area contributed by atoms with E-state index in [0.29, 0.717) is 19.4 Å². The van der Waals surface area contributed by atoms with Crippen LogP contribution in [0.5, 0.6) is 0 Å². The lowest BCUT2D eigenvalue weighted by Gasteiger charge is -2.34. The zero-order valence-electron chi connectivity index (χ0n) is 21.0. The average molecular weight is 523 g/mol. The fraction of sp³-hybridized carbons (Fsp3) is 0.577. The van der Waals surface area contributed by atoms with E-state index in [9.17, 15) is 27.6 Å². The number of carbonyl (C=O) groups excluding carboxylic acids is 3. The van der Waals surface area contributed by atoms with Crippen LogP contribution in [0.3, 0.4) is 0 Å². The molecule has 0 spiro atoms. The number of ether oxygens (including phenoxy) is 1. The first-order valence-electron chi connectivity index (χ1n) is 12.3. The molecule has 37 heavy (non-hydrogen) atoms. The van der Waals surface area contributed by atoms with E-state index in [0.717, 1.165) is 10.5 Å². The number of nitrogens with zero attached hydrogens (tertiary/aromatic N) is 2. The van der Waals surface area contributed by atoms with Gasteiger partial charge in [-0.15, -0.1) is 6.42 Å². The first-order valence-corrected chi connectivity index (χ1v) is 12.3. The number of likely N-dealkylation sites (N-methyl/N-ethyl adjacent to an activating group) is 1. The van der Waals surface area contributed by atoms with E-state index in [1.165, 1.54) is 4.90 Å². The van der Waals surface area contributed by atoms with Crippen molar-refractivity contribution in [1.82, 2.24) is 20.4 Å². The topological polar surface area (TPSA) is 91.0 Å².